The third kappa shape index (κ3) is 1.20. The van der Waals surface area contributed by atoms with E-state index in [1.807, 2.05) is 0 Å². The molecule has 0 fully saturated rings. The number of hydrogen-bond donors (Lipinski definition) is 3. The van der Waals surface area contributed by atoms with Crippen molar-refractivity contribution in [1.82, 2.24) is 15.3 Å². The van der Waals surface area contributed by atoms with Crippen molar-refractivity contribution in [2.24, 2.45) is 0 Å². The van der Waals surface area contributed by atoms with Gasteiger partial charge in [0.2, 0.25) is 0 Å². The Kier molecular flexibility index (Phi) is 1.85. The first-order chi connectivity index (χ1) is 6.59. The van der Waals surface area contributed by atoms with Gasteiger partial charge in [-0.05, 0) is 6.92 Å². The molecule has 74 valence electrons. The molecule has 0 aliphatic carbocycles. The van der Waals surface area contributed by atoms with Crippen LogP contribution in [0, 0.1) is 6.92 Å². The summed E-state index contributed by atoms with van der Waals surface area (Å²) in [6.45, 7) is 1.88. The molecule has 0 amide bonds. The van der Waals surface area contributed by atoms with Crippen LogP contribution in [-0.2, 0) is 11.3 Å². The van der Waals surface area contributed by atoms with E-state index in [1.165, 1.54) is 0 Å². The minimum absolute atomic E-state index is 0.259. The molecule has 6 heteroatoms. The average molecular weight is 195 g/mol. The number of aryl methyl sites for hydroxylation is 1. The smallest absolute Gasteiger partial charge is 0.327 e. The Morgan fingerprint density at radius 2 is 2.36 bits per heavy atom. The fraction of sp³-hybridized carbons (Fsp3) is 0.375. The fourth-order valence-corrected chi connectivity index (χ4v) is 1.55. The topological polar surface area (TPSA) is 95.1 Å². The van der Waals surface area contributed by atoms with Gasteiger partial charge in [0.25, 0.3) is 5.56 Å². The Hall–Kier alpha value is -1.69. The number of H-pyrrole nitrogens is 1. The first kappa shape index (κ1) is 8.89. The largest absolute Gasteiger partial charge is 0.480 e. The van der Waals surface area contributed by atoms with Crippen LogP contribution in [0.15, 0.2) is 4.79 Å². The molecular formula is C8H9N3O3. The second-order valence-corrected chi connectivity index (χ2v) is 3.17. The average Bonchev–Trinajstić information content (AvgIpc) is 2.47. The summed E-state index contributed by atoms with van der Waals surface area (Å²) in [6, 6.07) is -0.856. The molecule has 1 atom stereocenters. The van der Waals surface area contributed by atoms with Crippen molar-refractivity contribution in [3.05, 3.63) is 27.4 Å². The first-order valence-electron chi connectivity index (χ1n) is 4.15. The molecule has 0 radical (unpaired) electrons. The lowest BCUT2D eigenvalue weighted by molar-refractivity contribution is -0.139. The highest BCUT2D eigenvalue weighted by Gasteiger charge is 2.31. The van der Waals surface area contributed by atoms with Crippen molar-refractivity contribution >= 4 is 5.97 Å². The molecule has 0 bridgehead atoms. The molecule has 0 saturated carbocycles. The maximum Gasteiger partial charge on any atom is 0.327 e. The molecule has 1 unspecified atom stereocenters. The zero-order valence-electron chi connectivity index (χ0n) is 7.50. The Bertz CT molecular complexity index is 452. The number of carboxylic acid groups (broad SMARTS) is 1. The number of aliphatic carboxylic acids is 1. The molecule has 0 saturated heterocycles. The van der Waals surface area contributed by atoms with E-state index in [0.29, 0.717) is 17.1 Å². The van der Waals surface area contributed by atoms with Crippen LogP contribution in [0.1, 0.15) is 23.1 Å². The van der Waals surface area contributed by atoms with Crippen molar-refractivity contribution in [2.75, 3.05) is 0 Å². The van der Waals surface area contributed by atoms with E-state index in [9.17, 15) is 9.59 Å². The highest BCUT2D eigenvalue weighted by Crippen LogP contribution is 2.19. The molecule has 1 aliphatic heterocycles. The molecule has 1 aromatic heterocycles. The van der Waals surface area contributed by atoms with Gasteiger partial charge in [-0.2, -0.15) is 0 Å². The number of fused-ring (bicyclic) bond motifs is 1. The Labute approximate surface area is 79.0 Å². The molecule has 14 heavy (non-hydrogen) atoms. The number of aromatic nitrogens is 2. The normalized spacial score (nSPS) is 19.4. The molecule has 6 nitrogen and oxygen atoms in total. The summed E-state index contributed by atoms with van der Waals surface area (Å²) in [4.78, 5) is 28.7. The maximum atomic E-state index is 11.4. The zero-order chi connectivity index (χ0) is 10.3. The Morgan fingerprint density at radius 3 is 3.00 bits per heavy atom. The Morgan fingerprint density at radius 1 is 1.64 bits per heavy atom. The van der Waals surface area contributed by atoms with Gasteiger partial charge in [-0.15, -0.1) is 0 Å². The summed E-state index contributed by atoms with van der Waals surface area (Å²) in [5, 5.41) is 11.5. The lowest BCUT2D eigenvalue weighted by atomic mass is 10.2. The van der Waals surface area contributed by atoms with Gasteiger partial charge in [-0.1, -0.05) is 0 Å². The molecular weight excluding hydrogens is 186 g/mol. The highest BCUT2D eigenvalue weighted by atomic mass is 16.4. The van der Waals surface area contributed by atoms with Crippen LogP contribution in [-0.4, -0.2) is 21.0 Å². The third-order valence-corrected chi connectivity index (χ3v) is 2.17. The van der Waals surface area contributed by atoms with E-state index in [2.05, 4.69) is 15.3 Å². The maximum absolute atomic E-state index is 11.4. The fourth-order valence-electron chi connectivity index (χ4n) is 1.55. The van der Waals surface area contributed by atoms with Crippen molar-refractivity contribution < 1.29 is 9.90 Å². The number of carboxylic acids is 1. The third-order valence-electron chi connectivity index (χ3n) is 2.17. The van der Waals surface area contributed by atoms with Gasteiger partial charge in [0, 0.05) is 6.54 Å². The number of rotatable bonds is 1. The molecule has 0 aromatic carbocycles. The van der Waals surface area contributed by atoms with Crippen molar-refractivity contribution in [3.8, 4) is 0 Å². The number of nitrogens with one attached hydrogen (secondary N) is 2. The Balaban J connectivity index is 2.60. The molecule has 1 aromatic rings. The van der Waals surface area contributed by atoms with Crippen LogP contribution < -0.4 is 10.9 Å². The zero-order valence-corrected chi connectivity index (χ0v) is 7.50. The summed E-state index contributed by atoms with van der Waals surface area (Å²) in [5.74, 6) is -0.579. The van der Waals surface area contributed by atoms with Crippen LogP contribution in [0.2, 0.25) is 0 Å². The van der Waals surface area contributed by atoms with Crippen LogP contribution in [0.4, 0.5) is 0 Å². The van der Waals surface area contributed by atoms with E-state index >= 15 is 0 Å². The van der Waals surface area contributed by atoms with E-state index < -0.39 is 12.0 Å². The lowest BCUT2D eigenvalue weighted by Crippen LogP contribution is -2.22. The number of hydrogen-bond acceptors (Lipinski definition) is 4. The van der Waals surface area contributed by atoms with Gasteiger partial charge in [-0.25, -0.2) is 4.98 Å². The predicted molar refractivity (Wildman–Crippen MR) is 46.8 cm³/mol. The van der Waals surface area contributed by atoms with Crippen LogP contribution in [0.3, 0.4) is 0 Å². The molecule has 2 heterocycles. The van der Waals surface area contributed by atoms with Crippen LogP contribution >= 0.6 is 0 Å². The van der Waals surface area contributed by atoms with E-state index in [4.69, 9.17) is 5.11 Å². The van der Waals surface area contributed by atoms with Crippen LogP contribution in [0.25, 0.3) is 0 Å². The quantitative estimate of drug-likeness (QED) is 0.551. The predicted octanol–water partition coefficient (Wildman–Crippen LogP) is -0.693. The lowest BCUT2D eigenvalue weighted by Gasteiger charge is -2.04. The second-order valence-electron chi connectivity index (χ2n) is 3.17. The molecule has 2 rings (SSSR count). The summed E-state index contributed by atoms with van der Waals surface area (Å²) < 4.78 is 0. The monoisotopic (exact) mass is 195 g/mol. The summed E-state index contributed by atoms with van der Waals surface area (Å²) in [7, 11) is 0. The number of nitrogens with zero attached hydrogens (tertiary/aromatic N) is 1. The van der Waals surface area contributed by atoms with E-state index in [1.54, 1.807) is 6.92 Å². The number of aromatic amines is 1. The SMILES string of the molecule is Cc1nc2c(c(=O)[nH]1)CNC2C(=O)O. The minimum atomic E-state index is -1.01. The molecule has 0 spiro atoms. The van der Waals surface area contributed by atoms with Crippen molar-refractivity contribution in [2.45, 2.75) is 19.5 Å². The van der Waals surface area contributed by atoms with Gasteiger partial charge in [0.15, 0.2) is 0 Å². The van der Waals surface area contributed by atoms with Gasteiger partial charge in [0.05, 0.1) is 11.3 Å². The van der Waals surface area contributed by atoms with Crippen molar-refractivity contribution in [1.29, 1.82) is 0 Å². The summed E-state index contributed by atoms with van der Waals surface area (Å²) in [6.07, 6.45) is 0. The van der Waals surface area contributed by atoms with Gasteiger partial charge >= 0.3 is 5.97 Å². The molecule has 1 aliphatic rings. The van der Waals surface area contributed by atoms with Crippen LogP contribution in [0.5, 0.6) is 0 Å². The first-order valence-corrected chi connectivity index (χ1v) is 4.15. The number of carbonyl (C=O) groups is 1. The van der Waals surface area contributed by atoms with Gasteiger partial charge in [-0.3, -0.25) is 14.9 Å². The molecule has 3 N–H and O–H groups in total. The standard InChI is InChI=1S/C8H9N3O3/c1-3-10-5-4(7(12)11-3)2-9-6(5)8(13)14/h6,9H,2H2,1H3,(H,13,14)(H,10,11,12). The van der Waals surface area contributed by atoms with Crippen molar-refractivity contribution in [3.63, 3.8) is 0 Å². The minimum Gasteiger partial charge on any atom is -0.480 e. The highest BCUT2D eigenvalue weighted by molar-refractivity contribution is 5.76. The summed E-state index contributed by atoms with van der Waals surface area (Å²) in [5.41, 5.74) is 0.491. The van der Waals surface area contributed by atoms with E-state index in [0.717, 1.165) is 0 Å². The van der Waals surface area contributed by atoms with Gasteiger partial charge in [0.1, 0.15) is 11.9 Å². The van der Waals surface area contributed by atoms with Gasteiger partial charge < -0.3 is 10.1 Å². The second kappa shape index (κ2) is 2.91. The summed E-state index contributed by atoms with van der Waals surface area (Å²) >= 11 is 0. The van der Waals surface area contributed by atoms with E-state index in [-0.39, 0.29) is 12.1 Å².